The van der Waals surface area contributed by atoms with E-state index in [4.69, 9.17) is 24.0 Å². The van der Waals surface area contributed by atoms with Gasteiger partial charge in [-0.05, 0) is 43.9 Å². The minimum Gasteiger partial charge on any atom is -0.496 e. The summed E-state index contributed by atoms with van der Waals surface area (Å²) in [6.07, 6.45) is 0.947. The van der Waals surface area contributed by atoms with Crippen molar-refractivity contribution < 1.29 is 23.6 Å². The number of aryl methyl sites for hydroxylation is 3. The SMILES string of the molecule is COc1cc2c(cc1-c1c(C)noc1C)[nH]c1nc(CCCC(=O)OC(C)=O)nc(-c3ccc(N4CCNCC4)c4ccccc34)c12. The van der Waals surface area contributed by atoms with Crippen molar-refractivity contribution in [3.05, 3.63) is 65.8 Å². The van der Waals surface area contributed by atoms with Crippen molar-refractivity contribution in [3.8, 4) is 28.1 Å². The summed E-state index contributed by atoms with van der Waals surface area (Å²) < 4.78 is 16.1. The first-order valence-corrected chi connectivity index (χ1v) is 15.8. The number of fused-ring (bicyclic) bond motifs is 4. The van der Waals surface area contributed by atoms with Crippen LogP contribution >= 0.6 is 0 Å². The summed E-state index contributed by atoms with van der Waals surface area (Å²) in [4.78, 5) is 39.4. The summed E-state index contributed by atoms with van der Waals surface area (Å²) >= 11 is 0. The molecule has 0 saturated carbocycles. The summed E-state index contributed by atoms with van der Waals surface area (Å²) in [5.41, 5.74) is 7.06. The van der Waals surface area contributed by atoms with Gasteiger partial charge in [0.1, 0.15) is 23.0 Å². The number of piperazine rings is 1. The summed E-state index contributed by atoms with van der Waals surface area (Å²) in [5.74, 6) is 0.806. The Kier molecular flexibility index (Phi) is 8.07. The molecule has 2 N–H and O–H groups in total. The number of H-pyrrole nitrogens is 1. The summed E-state index contributed by atoms with van der Waals surface area (Å²) in [5, 5.41) is 11.7. The number of esters is 2. The fraction of sp³-hybridized carbons (Fsp3) is 0.306. The Morgan fingerprint density at radius 1 is 0.979 bits per heavy atom. The van der Waals surface area contributed by atoms with Crippen molar-refractivity contribution in [2.24, 2.45) is 0 Å². The molecule has 0 amide bonds. The average molecular weight is 633 g/mol. The van der Waals surface area contributed by atoms with E-state index in [1.807, 2.05) is 19.9 Å². The fourth-order valence-electron chi connectivity index (χ4n) is 6.68. The number of anilines is 1. The number of carbonyl (C=O) groups is 2. The number of benzene rings is 3. The van der Waals surface area contributed by atoms with Crippen molar-refractivity contribution in [2.45, 2.75) is 40.0 Å². The maximum Gasteiger partial charge on any atom is 0.313 e. The van der Waals surface area contributed by atoms with E-state index in [0.29, 0.717) is 35.8 Å². The zero-order valence-electron chi connectivity index (χ0n) is 26.9. The second kappa shape index (κ2) is 12.5. The van der Waals surface area contributed by atoms with E-state index in [0.717, 1.165) is 81.3 Å². The minimum atomic E-state index is -0.615. The van der Waals surface area contributed by atoms with E-state index in [-0.39, 0.29) is 6.42 Å². The lowest BCUT2D eigenvalue weighted by atomic mass is 9.96. The third-order valence-corrected chi connectivity index (χ3v) is 8.77. The highest BCUT2D eigenvalue weighted by atomic mass is 16.6. The molecule has 1 saturated heterocycles. The van der Waals surface area contributed by atoms with Gasteiger partial charge in [0, 0.05) is 79.0 Å². The smallest absolute Gasteiger partial charge is 0.313 e. The highest BCUT2D eigenvalue weighted by Gasteiger charge is 2.23. The van der Waals surface area contributed by atoms with Crippen LogP contribution in [0.3, 0.4) is 0 Å². The lowest BCUT2D eigenvalue weighted by Crippen LogP contribution is -2.43. The monoisotopic (exact) mass is 632 g/mol. The number of aromatic nitrogens is 4. The third-order valence-electron chi connectivity index (χ3n) is 8.77. The molecule has 0 spiro atoms. The maximum absolute atomic E-state index is 12.1. The zero-order chi connectivity index (χ0) is 32.7. The predicted octanol–water partition coefficient (Wildman–Crippen LogP) is 6.03. The molecule has 0 atom stereocenters. The Hall–Kier alpha value is -5.29. The molecule has 47 heavy (non-hydrogen) atoms. The molecule has 6 aromatic rings. The van der Waals surface area contributed by atoms with Gasteiger partial charge in [0.2, 0.25) is 0 Å². The normalized spacial score (nSPS) is 13.5. The maximum atomic E-state index is 12.1. The second-order valence-corrected chi connectivity index (χ2v) is 11.9. The van der Waals surface area contributed by atoms with Crippen LogP contribution in [0.1, 0.15) is 37.0 Å². The van der Waals surface area contributed by atoms with Crippen LogP contribution in [0.15, 0.2) is 53.1 Å². The first kappa shape index (κ1) is 30.4. The standard InChI is InChI=1S/C36H36N6O5/c1-20-33(21(2)47-41-20)27-18-28-26(19-30(27)45-4)34-35(39-31(40-36(34)38-28)10-7-11-32(44)46-22(3)43)25-12-13-29(42-16-14-37-15-17-42)24-9-6-5-8-23(24)25/h5-6,8-9,12-13,18-19,37H,7,10-11,14-17H2,1-4H3,(H,38,39,40). The molecule has 4 heterocycles. The lowest BCUT2D eigenvalue weighted by Gasteiger charge is -2.30. The van der Waals surface area contributed by atoms with Gasteiger partial charge in [-0.15, -0.1) is 0 Å². The first-order chi connectivity index (χ1) is 22.8. The number of methoxy groups -OCH3 is 1. The van der Waals surface area contributed by atoms with Crippen molar-refractivity contribution in [2.75, 3.05) is 38.2 Å². The summed E-state index contributed by atoms with van der Waals surface area (Å²) in [7, 11) is 1.66. The van der Waals surface area contributed by atoms with Crippen LogP contribution in [0.4, 0.5) is 5.69 Å². The van der Waals surface area contributed by atoms with Gasteiger partial charge in [0.05, 0.1) is 29.4 Å². The van der Waals surface area contributed by atoms with E-state index in [1.165, 1.54) is 12.6 Å². The number of carbonyl (C=O) groups excluding carboxylic acids is 2. The molecule has 11 nitrogen and oxygen atoms in total. The number of nitrogens with one attached hydrogen (secondary N) is 2. The van der Waals surface area contributed by atoms with Gasteiger partial charge in [-0.3, -0.25) is 9.59 Å². The molecule has 0 unspecified atom stereocenters. The molecule has 1 aliphatic rings. The molecule has 0 radical (unpaired) electrons. The molecule has 0 bridgehead atoms. The number of nitrogens with zero attached hydrogens (tertiary/aromatic N) is 4. The minimum absolute atomic E-state index is 0.0866. The van der Waals surface area contributed by atoms with E-state index >= 15 is 0 Å². The van der Waals surface area contributed by atoms with Gasteiger partial charge in [-0.1, -0.05) is 35.5 Å². The highest BCUT2D eigenvalue weighted by molar-refractivity contribution is 6.16. The van der Waals surface area contributed by atoms with Crippen LogP contribution in [-0.4, -0.2) is 65.3 Å². The number of aromatic amines is 1. The topological polar surface area (TPSA) is 135 Å². The van der Waals surface area contributed by atoms with Crippen molar-refractivity contribution in [3.63, 3.8) is 0 Å². The van der Waals surface area contributed by atoms with Crippen LogP contribution in [0, 0.1) is 13.8 Å². The second-order valence-electron chi connectivity index (χ2n) is 11.9. The molecule has 0 aliphatic carbocycles. The average Bonchev–Trinajstić information content (AvgIpc) is 3.60. The van der Waals surface area contributed by atoms with E-state index in [2.05, 4.69) is 62.8 Å². The number of hydrogen-bond acceptors (Lipinski definition) is 10. The summed E-state index contributed by atoms with van der Waals surface area (Å²) in [6.45, 7) is 8.79. The van der Waals surface area contributed by atoms with E-state index in [1.54, 1.807) is 7.11 Å². The number of hydrogen-bond donors (Lipinski definition) is 2. The molecule has 3 aromatic heterocycles. The Morgan fingerprint density at radius 2 is 1.77 bits per heavy atom. The molecular weight excluding hydrogens is 596 g/mol. The molecule has 11 heteroatoms. The highest BCUT2D eigenvalue weighted by Crippen LogP contribution is 2.43. The van der Waals surface area contributed by atoms with Crippen molar-refractivity contribution in [1.82, 2.24) is 25.4 Å². The first-order valence-electron chi connectivity index (χ1n) is 15.8. The van der Waals surface area contributed by atoms with Crippen LogP contribution < -0.4 is 15.0 Å². The number of ether oxygens (including phenoxy) is 2. The van der Waals surface area contributed by atoms with E-state index < -0.39 is 11.9 Å². The zero-order valence-corrected chi connectivity index (χ0v) is 26.9. The van der Waals surface area contributed by atoms with Gasteiger partial charge in [0.25, 0.3) is 0 Å². The van der Waals surface area contributed by atoms with Crippen LogP contribution in [0.25, 0.3) is 55.1 Å². The van der Waals surface area contributed by atoms with Crippen LogP contribution in [0.2, 0.25) is 0 Å². The Labute approximate surface area is 271 Å². The van der Waals surface area contributed by atoms with Gasteiger partial charge in [-0.25, -0.2) is 9.97 Å². The van der Waals surface area contributed by atoms with Crippen LogP contribution in [0.5, 0.6) is 5.75 Å². The van der Waals surface area contributed by atoms with Gasteiger partial charge in [0.15, 0.2) is 0 Å². The molecule has 1 aliphatic heterocycles. The Morgan fingerprint density at radius 3 is 2.49 bits per heavy atom. The van der Waals surface area contributed by atoms with Crippen molar-refractivity contribution in [1.29, 1.82) is 0 Å². The van der Waals surface area contributed by atoms with Gasteiger partial charge >= 0.3 is 11.9 Å². The predicted molar refractivity (Wildman–Crippen MR) is 181 cm³/mol. The van der Waals surface area contributed by atoms with Gasteiger partial charge in [-0.2, -0.15) is 0 Å². The third kappa shape index (κ3) is 5.67. The molecule has 1 fully saturated rings. The van der Waals surface area contributed by atoms with Gasteiger partial charge < -0.3 is 29.2 Å². The molecule has 7 rings (SSSR count). The molecular formula is C36H36N6O5. The van der Waals surface area contributed by atoms with Crippen molar-refractivity contribution >= 4 is 50.3 Å². The Bertz CT molecular complexity index is 2140. The fourth-order valence-corrected chi connectivity index (χ4v) is 6.68. The largest absolute Gasteiger partial charge is 0.496 e. The Balaban J connectivity index is 1.42. The quantitative estimate of drug-likeness (QED) is 0.151. The lowest BCUT2D eigenvalue weighted by molar-refractivity contribution is -0.158. The molecule has 240 valence electrons. The summed E-state index contributed by atoms with van der Waals surface area (Å²) in [6, 6.07) is 16.9. The molecule has 3 aromatic carbocycles. The van der Waals surface area contributed by atoms with Crippen LogP contribution in [-0.2, 0) is 20.7 Å². The number of rotatable bonds is 8. The van der Waals surface area contributed by atoms with E-state index in [9.17, 15) is 9.59 Å².